The zero-order chi connectivity index (χ0) is 14.2. The molecule has 1 aromatic carbocycles. The number of morpholine rings is 1. The highest BCUT2D eigenvalue weighted by molar-refractivity contribution is 7.80. The van der Waals surface area contributed by atoms with Gasteiger partial charge in [0.05, 0.1) is 19.8 Å². The molecule has 1 aliphatic heterocycles. The molecule has 0 aromatic heterocycles. The highest BCUT2D eigenvalue weighted by atomic mass is 32.1. The Morgan fingerprint density at radius 3 is 2.65 bits per heavy atom. The van der Waals surface area contributed by atoms with Gasteiger partial charge >= 0.3 is 0 Å². The Balaban J connectivity index is 1.59. The second-order valence-corrected chi connectivity index (χ2v) is 5.62. The van der Waals surface area contributed by atoms with Crippen LogP contribution in [-0.4, -0.2) is 44.5 Å². The summed E-state index contributed by atoms with van der Waals surface area (Å²) in [6, 6.07) is 8.24. The smallest absolute Gasteiger partial charge is 0.170 e. The number of anilines is 1. The highest BCUT2D eigenvalue weighted by Crippen LogP contribution is 2.07. The first-order chi connectivity index (χ1) is 9.74. The summed E-state index contributed by atoms with van der Waals surface area (Å²) in [5.41, 5.74) is 2.29. The number of nitrogens with one attached hydrogen (secondary N) is 3. The van der Waals surface area contributed by atoms with Crippen molar-refractivity contribution in [1.29, 1.82) is 0 Å². The molecule has 20 heavy (non-hydrogen) atoms. The Labute approximate surface area is 126 Å². The van der Waals surface area contributed by atoms with Crippen LogP contribution in [0.1, 0.15) is 12.0 Å². The van der Waals surface area contributed by atoms with Gasteiger partial charge in [0.1, 0.15) is 13.1 Å². The van der Waals surface area contributed by atoms with E-state index in [1.165, 1.54) is 12.1 Å². The van der Waals surface area contributed by atoms with E-state index in [1.54, 1.807) is 4.90 Å². The van der Waals surface area contributed by atoms with Gasteiger partial charge in [-0.3, -0.25) is 0 Å². The van der Waals surface area contributed by atoms with Crippen molar-refractivity contribution < 1.29 is 9.64 Å². The van der Waals surface area contributed by atoms with Crippen molar-refractivity contribution in [3.05, 3.63) is 29.8 Å². The van der Waals surface area contributed by atoms with Crippen LogP contribution in [0, 0.1) is 6.92 Å². The topological polar surface area (TPSA) is 37.7 Å². The fourth-order valence-corrected chi connectivity index (χ4v) is 2.48. The normalized spacial score (nSPS) is 15.8. The minimum atomic E-state index is 0.700. The molecule has 4 nitrogen and oxygen atoms in total. The van der Waals surface area contributed by atoms with E-state index in [0.29, 0.717) is 5.11 Å². The molecule has 1 heterocycles. The fourth-order valence-electron chi connectivity index (χ4n) is 2.26. The average molecular weight is 294 g/mol. The summed E-state index contributed by atoms with van der Waals surface area (Å²) in [7, 11) is 0. The summed E-state index contributed by atoms with van der Waals surface area (Å²) in [6.07, 6.45) is 1.13. The summed E-state index contributed by atoms with van der Waals surface area (Å²) in [5, 5.41) is 7.16. The summed E-state index contributed by atoms with van der Waals surface area (Å²) < 4.78 is 5.35. The molecule has 0 spiro atoms. The van der Waals surface area contributed by atoms with E-state index in [4.69, 9.17) is 17.0 Å². The van der Waals surface area contributed by atoms with E-state index in [1.807, 2.05) is 12.1 Å². The van der Waals surface area contributed by atoms with Crippen molar-refractivity contribution in [3.63, 3.8) is 0 Å². The number of hydrogen-bond acceptors (Lipinski definition) is 2. The maximum absolute atomic E-state index is 5.35. The predicted molar refractivity (Wildman–Crippen MR) is 86.4 cm³/mol. The molecule has 1 saturated heterocycles. The van der Waals surface area contributed by atoms with Crippen LogP contribution in [0.5, 0.6) is 0 Å². The van der Waals surface area contributed by atoms with Crippen LogP contribution >= 0.6 is 12.2 Å². The molecule has 3 N–H and O–H groups in total. The SMILES string of the molecule is Cc1ccc(NC(=S)NCCC[NH+]2CCOCC2)cc1. The third-order valence-corrected chi connectivity index (χ3v) is 3.75. The lowest BCUT2D eigenvalue weighted by molar-refractivity contribution is -0.908. The lowest BCUT2D eigenvalue weighted by atomic mass is 10.2. The summed E-state index contributed by atoms with van der Waals surface area (Å²) in [6.45, 7) is 8.24. The minimum absolute atomic E-state index is 0.700. The Kier molecular flexibility index (Phi) is 6.24. The molecule has 0 aliphatic carbocycles. The van der Waals surface area contributed by atoms with Gasteiger partial charge in [-0.15, -0.1) is 0 Å². The van der Waals surface area contributed by atoms with E-state index in [2.05, 4.69) is 29.7 Å². The van der Waals surface area contributed by atoms with Gasteiger partial charge in [-0.25, -0.2) is 0 Å². The molecule has 0 atom stereocenters. The average Bonchev–Trinajstić information content (AvgIpc) is 2.47. The molecule has 0 bridgehead atoms. The molecule has 1 aliphatic rings. The molecule has 110 valence electrons. The van der Waals surface area contributed by atoms with Gasteiger partial charge in [0, 0.05) is 18.7 Å². The maximum atomic E-state index is 5.35. The number of aryl methyl sites for hydroxylation is 1. The van der Waals surface area contributed by atoms with Crippen LogP contribution in [0.15, 0.2) is 24.3 Å². The van der Waals surface area contributed by atoms with E-state index in [9.17, 15) is 0 Å². The second-order valence-electron chi connectivity index (χ2n) is 5.21. The first-order valence-electron chi connectivity index (χ1n) is 7.27. The third kappa shape index (κ3) is 5.45. The van der Waals surface area contributed by atoms with Gasteiger partial charge in [-0.1, -0.05) is 17.7 Å². The number of thiocarbonyl (C=S) groups is 1. The fraction of sp³-hybridized carbons (Fsp3) is 0.533. The first kappa shape index (κ1) is 15.2. The number of benzene rings is 1. The quantitative estimate of drug-likeness (QED) is 0.549. The van der Waals surface area contributed by atoms with E-state index >= 15 is 0 Å². The molecule has 0 saturated carbocycles. The Morgan fingerprint density at radius 1 is 1.25 bits per heavy atom. The minimum Gasteiger partial charge on any atom is -0.370 e. The molecular weight excluding hydrogens is 270 g/mol. The molecular formula is C15H24N3OS+. The van der Waals surface area contributed by atoms with Gasteiger partial charge in [0.25, 0.3) is 0 Å². The lowest BCUT2D eigenvalue weighted by Gasteiger charge is -2.23. The molecule has 5 heteroatoms. The number of rotatable bonds is 5. The van der Waals surface area contributed by atoms with Crippen molar-refractivity contribution in [2.45, 2.75) is 13.3 Å². The molecule has 0 amide bonds. The molecule has 2 rings (SSSR count). The zero-order valence-corrected chi connectivity index (χ0v) is 12.9. The van der Waals surface area contributed by atoms with Crippen molar-refractivity contribution >= 4 is 23.0 Å². The van der Waals surface area contributed by atoms with Crippen LogP contribution < -0.4 is 15.5 Å². The van der Waals surface area contributed by atoms with Crippen LogP contribution in [0.25, 0.3) is 0 Å². The second kappa shape index (κ2) is 8.19. The van der Waals surface area contributed by atoms with Gasteiger partial charge in [-0.2, -0.15) is 0 Å². The van der Waals surface area contributed by atoms with Crippen molar-refractivity contribution in [3.8, 4) is 0 Å². The highest BCUT2D eigenvalue weighted by Gasteiger charge is 2.12. The summed E-state index contributed by atoms with van der Waals surface area (Å²) in [4.78, 5) is 1.63. The van der Waals surface area contributed by atoms with Crippen molar-refractivity contribution in [2.24, 2.45) is 0 Å². The monoisotopic (exact) mass is 294 g/mol. The van der Waals surface area contributed by atoms with Gasteiger partial charge in [-0.05, 0) is 31.3 Å². The summed E-state index contributed by atoms with van der Waals surface area (Å²) >= 11 is 5.29. The van der Waals surface area contributed by atoms with E-state index < -0.39 is 0 Å². The van der Waals surface area contributed by atoms with Crippen LogP contribution in [-0.2, 0) is 4.74 Å². The van der Waals surface area contributed by atoms with E-state index in [0.717, 1.165) is 45.0 Å². The Hall–Kier alpha value is -1.17. The number of quaternary nitrogens is 1. The third-order valence-electron chi connectivity index (χ3n) is 3.50. The van der Waals surface area contributed by atoms with Gasteiger partial charge < -0.3 is 20.3 Å². The first-order valence-corrected chi connectivity index (χ1v) is 7.68. The van der Waals surface area contributed by atoms with Crippen LogP contribution in [0.2, 0.25) is 0 Å². The van der Waals surface area contributed by atoms with Crippen molar-refractivity contribution in [1.82, 2.24) is 5.32 Å². The predicted octanol–water partition coefficient (Wildman–Crippen LogP) is 0.587. The number of hydrogen-bond donors (Lipinski definition) is 3. The van der Waals surface area contributed by atoms with E-state index in [-0.39, 0.29) is 0 Å². The van der Waals surface area contributed by atoms with Crippen LogP contribution in [0.3, 0.4) is 0 Å². The Bertz CT molecular complexity index is 416. The van der Waals surface area contributed by atoms with Crippen LogP contribution in [0.4, 0.5) is 5.69 Å². The lowest BCUT2D eigenvalue weighted by Crippen LogP contribution is -3.14. The molecule has 0 unspecified atom stereocenters. The number of ether oxygens (including phenoxy) is 1. The Morgan fingerprint density at radius 2 is 1.95 bits per heavy atom. The van der Waals surface area contributed by atoms with Gasteiger partial charge in [0.2, 0.25) is 0 Å². The molecule has 1 fully saturated rings. The van der Waals surface area contributed by atoms with Crippen molar-refractivity contribution in [2.75, 3.05) is 44.7 Å². The van der Waals surface area contributed by atoms with Gasteiger partial charge in [0.15, 0.2) is 5.11 Å². The standard InChI is InChI=1S/C15H23N3OS/c1-13-3-5-14(6-4-13)17-15(20)16-7-2-8-18-9-11-19-12-10-18/h3-6H,2,7-12H2,1H3,(H2,16,17,20)/p+1. The maximum Gasteiger partial charge on any atom is 0.170 e. The zero-order valence-electron chi connectivity index (χ0n) is 12.1. The molecule has 1 aromatic rings. The summed E-state index contributed by atoms with van der Waals surface area (Å²) in [5.74, 6) is 0. The molecule has 0 radical (unpaired) electrons. The largest absolute Gasteiger partial charge is 0.370 e.